The van der Waals surface area contributed by atoms with Crippen LogP contribution in [0.3, 0.4) is 0 Å². The van der Waals surface area contributed by atoms with Crippen LogP contribution in [0.15, 0.2) is 6.08 Å². The Morgan fingerprint density at radius 3 is 1.19 bits per heavy atom. The van der Waals surface area contributed by atoms with E-state index in [-0.39, 0.29) is 12.2 Å². The second kappa shape index (κ2) is 6.81. The van der Waals surface area contributed by atoms with Gasteiger partial charge in [0.15, 0.2) is 52.3 Å². The standard InChI is InChI=1S/C15H2F10O/c16-6-3(7(17)11(21)14(24)10(6)20)1-2-4(26)5-8(18)12(22)15(25)13(23)9(5)19/h1-2H. The Balaban J connectivity index is 2.57. The van der Waals surface area contributed by atoms with E-state index in [1.807, 2.05) is 0 Å². The molecule has 26 heavy (non-hydrogen) atoms. The number of carbonyl (C=O) groups is 1. The zero-order valence-electron chi connectivity index (χ0n) is 11.8. The van der Waals surface area contributed by atoms with Crippen LogP contribution in [0.5, 0.6) is 0 Å². The molecule has 0 atom stereocenters. The predicted molar refractivity (Wildman–Crippen MR) is 65.8 cm³/mol. The molecule has 0 fully saturated rings. The Bertz CT molecular complexity index is 906. The summed E-state index contributed by atoms with van der Waals surface area (Å²) in [6.45, 7) is 0. The molecule has 2 rings (SSSR count). The summed E-state index contributed by atoms with van der Waals surface area (Å²) < 4.78 is 131. The monoisotopic (exact) mass is 388 g/mol. The lowest BCUT2D eigenvalue weighted by atomic mass is 10.1. The number of rotatable bonds is 3. The Hall–Kier alpha value is -2.85. The summed E-state index contributed by atoms with van der Waals surface area (Å²) in [6.07, 6.45) is -0.173. The molecule has 0 aliphatic rings. The largest absolute Gasteiger partial charge is 0.289 e. The van der Waals surface area contributed by atoms with Crippen LogP contribution in [0.4, 0.5) is 43.9 Å². The summed E-state index contributed by atoms with van der Waals surface area (Å²) >= 11 is 0. The lowest BCUT2D eigenvalue weighted by molar-refractivity contribution is 0.103. The number of halogens is 10. The molecule has 0 saturated carbocycles. The fraction of sp³-hybridized carbons (Fsp3) is 0. The van der Waals surface area contributed by atoms with Gasteiger partial charge in [0.25, 0.3) is 0 Å². The molecule has 0 heterocycles. The highest BCUT2D eigenvalue weighted by molar-refractivity contribution is 6.07. The van der Waals surface area contributed by atoms with Crippen molar-refractivity contribution in [3.8, 4) is 0 Å². The van der Waals surface area contributed by atoms with Gasteiger partial charge in [0, 0.05) is 0 Å². The number of ketones is 1. The second-order valence-electron chi connectivity index (χ2n) is 4.63. The Morgan fingerprint density at radius 2 is 0.808 bits per heavy atom. The molecule has 1 nitrogen and oxygen atoms in total. The summed E-state index contributed by atoms with van der Waals surface area (Å²) in [6, 6.07) is 0. The Kier molecular flexibility index (Phi) is 5.10. The van der Waals surface area contributed by atoms with Crippen LogP contribution in [0.25, 0.3) is 6.08 Å². The summed E-state index contributed by atoms with van der Waals surface area (Å²) in [5, 5.41) is 0. The quantitative estimate of drug-likeness (QED) is 0.239. The molecule has 0 aliphatic heterocycles. The highest BCUT2D eigenvalue weighted by Gasteiger charge is 2.29. The van der Waals surface area contributed by atoms with E-state index in [2.05, 4.69) is 0 Å². The van der Waals surface area contributed by atoms with Gasteiger partial charge < -0.3 is 0 Å². The molecule has 0 amide bonds. The Labute approximate surface area is 137 Å². The minimum absolute atomic E-state index is 0.0589. The van der Waals surface area contributed by atoms with Crippen LogP contribution in [-0.2, 0) is 0 Å². The number of benzene rings is 2. The van der Waals surface area contributed by atoms with Crippen LogP contribution in [0, 0.1) is 58.2 Å². The van der Waals surface area contributed by atoms with Gasteiger partial charge in [-0.15, -0.1) is 0 Å². The first-order chi connectivity index (χ1) is 12.0. The Morgan fingerprint density at radius 1 is 0.500 bits per heavy atom. The van der Waals surface area contributed by atoms with E-state index in [1.54, 1.807) is 0 Å². The smallest absolute Gasteiger partial charge is 0.200 e. The number of hydrogen-bond donors (Lipinski definition) is 0. The average molecular weight is 388 g/mol. The number of allylic oxidation sites excluding steroid dienone is 1. The molecule has 0 aromatic heterocycles. The molecule has 0 radical (unpaired) electrons. The molecule has 0 aliphatic carbocycles. The fourth-order valence-corrected chi connectivity index (χ4v) is 1.83. The van der Waals surface area contributed by atoms with Crippen molar-refractivity contribution in [2.45, 2.75) is 0 Å². The van der Waals surface area contributed by atoms with Gasteiger partial charge in [-0.2, -0.15) is 0 Å². The maximum absolute atomic E-state index is 13.4. The summed E-state index contributed by atoms with van der Waals surface area (Å²) in [7, 11) is 0. The highest BCUT2D eigenvalue weighted by Crippen LogP contribution is 2.26. The first-order valence-corrected chi connectivity index (χ1v) is 6.25. The average Bonchev–Trinajstić information content (AvgIpc) is 2.61. The SMILES string of the molecule is O=C(C=Cc1c(F)c(F)c(F)c(F)c1F)c1c(F)c(F)c(F)c(F)c1F. The van der Waals surface area contributed by atoms with Gasteiger partial charge >= 0.3 is 0 Å². The molecule has 11 heteroatoms. The zero-order valence-corrected chi connectivity index (χ0v) is 11.8. The van der Waals surface area contributed by atoms with Gasteiger partial charge in [-0.25, -0.2) is 43.9 Å². The van der Waals surface area contributed by atoms with Crippen LogP contribution in [0.2, 0.25) is 0 Å². The van der Waals surface area contributed by atoms with Crippen molar-refractivity contribution in [1.82, 2.24) is 0 Å². The van der Waals surface area contributed by atoms with Crippen LogP contribution in [-0.4, -0.2) is 5.78 Å². The third kappa shape index (κ3) is 2.93. The third-order valence-corrected chi connectivity index (χ3v) is 3.10. The van der Waals surface area contributed by atoms with Crippen molar-refractivity contribution in [2.75, 3.05) is 0 Å². The minimum atomic E-state index is -2.56. The highest BCUT2D eigenvalue weighted by atomic mass is 19.2. The predicted octanol–water partition coefficient (Wildman–Crippen LogP) is 4.97. The van der Waals surface area contributed by atoms with E-state index in [0.717, 1.165) is 0 Å². The van der Waals surface area contributed by atoms with Gasteiger partial charge in [0.2, 0.25) is 11.6 Å². The molecule has 0 bridgehead atoms. The van der Waals surface area contributed by atoms with Gasteiger partial charge in [-0.05, 0) is 12.2 Å². The first-order valence-electron chi connectivity index (χ1n) is 6.25. The van der Waals surface area contributed by atoms with Crippen molar-refractivity contribution in [1.29, 1.82) is 0 Å². The molecule has 2 aromatic carbocycles. The second-order valence-corrected chi connectivity index (χ2v) is 4.63. The van der Waals surface area contributed by atoms with Crippen molar-refractivity contribution < 1.29 is 48.7 Å². The van der Waals surface area contributed by atoms with E-state index >= 15 is 0 Å². The molecule has 0 spiro atoms. The molecular weight excluding hydrogens is 386 g/mol. The molecule has 0 N–H and O–H groups in total. The summed E-state index contributed by atoms with van der Waals surface area (Å²) in [4.78, 5) is 11.6. The molecule has 138 valence electrons. The third-order valence-electron chi connectivity index (χ3n) is 3.10. The van der Waals surface area contributed by atoms with Crippen molar-refractivity contribution >= 4 is 11.9 Å². The van der Waals surface area contributed by atoms with Gasteiger partial charge in [0.05, 0.1) is 11.1 Å². The van der Waals surface area contributed by atoms with Crippen LogP contribution < -0.4 is 0 Å². The maximum Gasteiger partial charge on any atom is 0.200 e. The van der Waals surface area contributed by atoms with Crippen LogP contribution >= 0.6 is 0 Å². The molecule has 0 saturated heterocycles. The van der Waals surface area contributed by atoms with E-state index in [9.17, 15) is 48.7 Å². The number of carbonyl (C=O) groups excluding carboxylic acids is 1. The number of hydrogen-bond acceptors (Lipinski definition) is 1. The molecule has 0 unspecified atom stereocenters. The molecular formula is C15H2F10O. The van der Waals surface area contributed by atoms with Crippen molar-refractivity contribution in [2.24, 2.45) is 0 Å². The summed E-state index contributed by atoms with van der Waals surface area (Å²) in [5.74, 6) is -26.5. The fourth-order valence-electron chi connectivity index (χ4n) is 1.83. The van der Waals surface area contributed by atoms with Gasteiger partial charge in [-0.3, -0.25) is 4.79 Å². The van der Waals surface area contributed by atoms with E-state index in [0.29, 0.717) is 0 Å². The lowest BCUT2D eigenvalue weighted by Gasteiger charge is -2.06. The van der Waals surface area contributed by atoms with Gasteiger partial charge in [0.1, 0.15) is 0 Å². The first kappa shape index (κ1) is 19.5. The normalized spacial score (nSPS) is 11.5. The van der Waals surface area contributed by atoms with Crippen molar-refractivity contribution in [3.63, 3.8) is 0 Å². The van der Waals surface area contributed by atoms with E-state index in [4.69, 9.17) is 0 Å². The maximum atomic E-state index is 13.4. The summed E-state index contributed by atoms with van der Waals surface area (Å²) in [5.41, 5.74) is -3.62. The van der Waals surface area contributed by atoms with Gasteiger partial charge in [-0.1, -0.05) is 0 Å². The van der Waals surface area contributed by atoms with E-state index < -0.39 is 75.1 Å². The lowest BCUT2D eigenvalue weighted by Crippen LogP contribution is -2.11. The minimum Gasteiger partial charge on any atom is -0.289 e. The van der Waals surface area contributed by atoms with Crippen molar-refractivity contribution in [3.05, 3.63) is 75.4 Å². The zero-order chi connectivity index (χ0) is 19.9. The topological polar surface area (TPSA) is 17.1 Å². The molecule has 2 aromatic rings. The van der Waals surface area contributed by atoms with E-state index in [1.165, 1.54) is 0 Å². The van der Waals surface area contributed by atoms with Crippen LogP contribution in [0.1, 0.15) is 15.9 Å².